The molecule has 0 aliphatic heterocycles. The lowest BCUT2D eigenvalue weighted by Gasteiger charge is -2.37. The van der Waals surface area contributed by atoms with E-state index in [0.29, 0.717) is 13.2 Å². The van der Waals surface area contributed by atoms with Gasteiger partial charge in [-0.2, -0.15) is 0 Å². The Bertz CT molecular complexity index is 415. The second kappa shape index (κ2) is 7.54. The van der Waals surface area contributed by atoms with Crippen LogP contribution in [0.4, 0.5) is 0 Å². The van der Waals surface area contributed by atoms with Crippen LogP contribution in [0.2, 0.25) is 18.1 Å². The Kier molecular flexibility index (Phi) is 6.59. The number of hydrogen-bond donors (Lipinski definition) is 1. The minimum absolute atomic E-state index is 0.0185. The average molecular weight is 310 g/mol. The molecule has 0 aliphatic rings. The van der Waals surface area contributed by atoms with Gasteiger partial charge in [-0.3, -0.25) is 0 Å². The summed E-state index contributed by atoms with van der Waals surface area (Å²) in [4.78, 5) is 0. The summed E-state index contributed by atoms with van der Waals surface area (Å²) < 4.78 is 12.0. The number of benzene rings is 1. The molecule has 21 heavy (non-hydrogen) atoms. The van der Waals surface area contributed by atoms with Crippen molar-refractivity contribution in [3.63, 3.8) is 0 Å². The second-order valence-electron chi connectivity index (χ2n) is 7.24. The highest BCUT2D eigenvalue weighted by molar-refractivity contribution is 6.74. The van der Waals surface area contributed by atoms with Gasteiger partial charge in [-0.25, -0.2) is 0 Å². The van der Waals surface area contributed by atoms with E-state index in [-0.39, 0.29) is 17.2 Å². The molecule has 0 radical (unpaired) electrons. The lowest BCUT2D eigenvalue weighted by Crippen LogP contribution is -2.47. The van der Waals surface area contributed by atoms with Crippen LogP contribution in [0, 0.1) is 0 Å². The van der Waals surface area contributed by atoms with Crippen molar-refractivity contribution in [2.75, 3.05) is 6.61 Å². The zero-order valence-electron chi connectivity index (χ0n) is 14.3. The highest BCUT2D eigenvalue weighted by Gasteiger charge is 2.37. The Morgan fingerprint density at radius 3 is 2.24 bits per heavy atom. The van der Waals surface area contributed by atoms with E-state index >= 15 is 0 Å². The zero-order chi connectivity index (χ0) is 16.1. The molecule has 4 heteroatoms. The molecular weight excluding hydrogens is 278 g/mol. The highest BCUT2D eigenvalue weighted by atomic mass is 28.4. The molecule has 0 unspecified atom stereocenters. The molecule has 0 fully saturated rings. The summed E-state index contributed by atoms with van der Waals surface area (Å²) in [5.74, 6) is 0. The van der Waals surface area contributed by atoms with Crippen molar-refractivity contribution >= 4 is 8.32 Å². The first-order valence-electron chi connectivity index (χ1n) is 7.68. The van der Waals surface area contributed by atoms with Crippen LogP contribution in [0.3, 0.4) is 0 Å². The number of rotatable bonds is 7. The first kappa shape index (κ1) is 18.4. The van der Waals surface area contributed by atoms with E-state index in [1.165, 1.54) is 5.56 Å². The summed E-state index contributed by atoms with van der Waals surface area (Å²) in [6.07, 6.45) is -0.0185. The predicted octanol–water partition coefficient (Wildman–Crippen LogP) is 3.94. The van der Waals surface area contributed by atoms with E-state index in [1.54, 1.807) is 0 Å². The predicted molar refractivity (Wildman–Crippen MR) is 91.8 cm³/mol. The van der Waals surface area contributed by atoms with Gasteiger partial charge in [0.05, 0.1) is 25.4 Å². The van der Waals surface area contributed by atoms with Crippen LogP contribution >= 0.6 is 0 Å². The molecule has 0 aromatic heterocycles. The molecule has 0 heterocycles. The van der Waals surface area contributed by atoms with Crippen molar-refractivity contribution in [1.82, 2.24) is 0 Å². The summed E-state index contributed by atoms with van der Waals surface area (Å²) in [6, 6.07) is 10.1. The van der Waals surface area contributed by atoms with Crippen LogP contribution in [0.15, 0.2) is 30.3 Å². The van der Waals surface area contributed by atoms with E-state index in [2.05, 4.69) is 46.0 Å². The van der Waals surface area contributed by atoms with E-state index in [0.717, 1.165) is 0 Å². The molecule has 0 saturated carbocycles. The van der Waals surface area contributed by atoms with E-state index in [9.17, 15) is 0 Å². The first-order chi connectivity index (χ1) is 9.63. The maximum absolute atomic E-state index is 6.20. The maximum Gasteiger partial charge on any atom is 0.192 e. The van der Waals surface area contributed by atoms with Crippen molar-refractivity contribution < 1.29 is 9.16 Å². The lowest BCUT2D eigenvalue weighted by atomic mass is 10.2. The third-order valence-corrected chi connectivity index (χ3v) is 8.90. The summed E-state index contributed by atoms with van der Waals surface area (Å²) in [5, 5.41) is 0.209. The van der Waals surface area contributed by atoms with Gasteiger partial charge in [0.2, 0.25) is 0 Å². The molecule has 1 aromatic carbocycles. The molecule has 1 aromatic rings. The Labute approximate surface area is 131 Å². The van der Waals surface area contributed by atoms with Crippen molar-refractivity contribution in [3.8, 4) is 0 Å². The van der Waals surface area contributed by atoms with Crippen LogP contribution in [-0.4, -0.2) is 27.1 Å². The molecular formula is C17H31NO2Si. The largest absolute Gasteiger partial charge is 0.415 e. The third-order valence-electron chi connectivity index (χ3n) is 4.40. The van der Waals surface area contributed by atoms with Gasteiger partial charge in [0, 0.05) is 0 Å². The number of hydrogen-bond acceptors (Lipinski definition) is 3. The van der Waals surface area contributed by atoms with Gasteiger partial charge in [-0.1, -0.05) is 51.1 Å². The summed E-state index contributed by atoms with van der Waals surface area (Å²) in [5.41, 5.74) is 7.37. The molecule has 0 saturated heterocycles. The average Bonchev–Trinajstić information content (AvgIpc) is 2.42. The van der Waals surface area contributed by atoms with Gasteiger partial charge in [0.15, 0.2) is 8.32 Å². The van der Waals surface area contributed by atoms with Crippen LogP contribution < -0.4 is 5.73 Å². The van der Waals surface area contributed by atoms with Gasteiger partial charge in [-0.15, -0.1) is 0 Å². The molecule has 120 valence electrons. The molecule has 3 nitrogen and oxygen atoms in total. The summed E-state index contributed by atoms with van der Waals surface area (Å²) in [6.45, 7) is 14.4. The molecule has 0 spiro atoms. The molecule has 1 rings (SSSR count). The monoisotopic (exact) mass is 309 g/mol. The zero-order valence-corrected chi connectivity index (χ0v) is 15.3. The topological polar surface area (TPSA) is 44.5 Å². The number of nitrogens with two attached hydrogens (primary N) is 1. The fourth-order valence-electron chi connectivity index (χ4n) is 1.58. The van der Waals surface area contributed by atoms with Crippen molar-refractivity contribution in [3.05, 3.63) is 35.9 Å². The smallest absolute Gasteiger partial charge is 0.192 e. The Balaban J connectivity index is 2.39. The normalized spacial score (nSPS) is 15.8. The van der Waals surface area contributed by atoms with Crippen molar-refractivity contribution in [1.29, 1.82) is 0 Å². The SMILES string of the molecule is C[C@@H](OCc1ccccc1)[C@H](N)CO[Si](C)(C)C(C)(C)C. The van der Waals surface area contributed by atoms with Gasteiger partial charge < -0.3 is 14.9 Å². The van der Waals surface area contributed by atoms with Crippen molar-refractivity contribution in [2.24, 2.45) is 5.73 Å². The van der Waals surface area contributed by atoms with Crippen LogP contribution in [0.25, 0.3) is 0 Å². The molecule has 0 amide bonds. The van der Waals surface area contributed by atoms with Gasteiger partial charge in [-0.05, 0) is 30.6 Å². The lowest BCUT2D eigenvalue weighted by molar-refractivity contribution is 0.0237. The third kappa shape index (κ3) is 5.91. The minimum atomic E-state index is -1.74. The van der Waals surface area contributed by atoms with Gasteiger partial charge >= 0.3 is 0 Å². The van der Waals surface area contributed by atoms with E-state index in [1.807, 2.05) is 25.1 Å². The molecule has 0 aliphatic carbocycles. The second-order valence-corrected chi connectivity index (χ2v) is 12.0. The standard InChI is InChI=1S/C17H31NO2Si/c1-14(19-12-15-10-8-7-9-11-15)16(18)13-20-21(5,6)17(2,3)4/h7-11,14,16H,12-13,18H2,1-6H3/t14-,16-/m1/s1. The molecule has 0 bridgehead atoms. The maximum atomic E-state index is 6.20. The Morgan fingerprint density at radius 2 is 1.71 bits per heavy atom. The van der Waals surface area contributed by atoms with Crippen molar-refractivity contribution in [2.45, 2.75) is 64.6 Å². The molecule has 2 atom stereocenters. The highest BCUT2D eigenvalue weighted by Crippen LogP contribution is 2.36. The summed E-state index contributed by atoms with van der Waals surface area (Å²) in [7, 11) is -1.74. The minimum Gasteiger partial charge on any atom is -0.415 e. The quantitative estimate of drug-likeness (QED) is 0.776. The Hall–Kier alpha value is -0.683. The Morgan fingerprint density at radius 1 is 1.14 bits per heavy atom. The van der Waals surface area contributed by atoms with Crippen LogP contribution in [-0.2, 0) is 15.8 Å². The van der Waals surface area contributed by atoms with Gasteiger partial charge in [0.25, 0.3) is 0 Å². The first-order valence-corrected chi connectivity index (χ1v) is 10.6. The fraction of sp³-hybridized carbons (Fsp3) is 0.647. The summed E-state index contributed by atoms with van der Waals surface area (Å²) >= 11 is 0. The van der Waals surface area contributed by atoms with E-state index < -0.39 is 8.32 Å². The number of ether oxygens (including phenoxy) is 1. The van der Waals surface area contributed by atoms with Crippen LogP contribution in [0.1, 0.15) is 33.3 Å². The van der Waals surface area contributed by atoms with Crippen LogP contribution in [0.5, 0.6) is 0 Å². The van der Waals surface area contributed by atoms with E-state index in [4.69, 9.17) is 14.9 Å². The van der Waals surface area contributed by atoms with Gasteiger partial charge in [0.1, 0.15) is 0 Å². The fourth-order valence-corrected chi connectivity index (χ4v) is 2.62. The molecule has 2 N–H and O–H groups in total.